The lowest BCUT2D eigenvalue weighted by Gasteiger charge is -2.24. The van der Waals surface area contributed by atoms with Crippen LogP contribution in [0.1, 0.15) is 19.8 Å². The molecular weight excluding hydrogens is 254 g/mol. The summed E-state index contributed by atoms with van der Waals surface area (Å²) < 4.78 is 35.5. The van der Waals surface area contributed by atoms with Crippen LogP contribution in [0.5, 0.6) is 0 Å². The number of rotatable bonds is 5. The molecule has 4 unspecified atom stereocenters. The molecule has 0 amide bonds. The van der Waals surface area contributed by atoms with E-state index in [1.165, 1.54) is 0 Å². The lowest BCUT2D eigenvalue weighted by atomic mass is 10.0. The van der Waals surface area contributed by atoms with Crippen LogP contribution in [-0.2, 0) is 19.3 Å². The molecule has 0 bridgehead atoms. The zero-order valence-electron chi connectivity index (χ0n) is 11.1. The van der Waals surface area contributed by atoms with Crippen molar-refractivity contribution in [2.75, 3.05) is 32.6 Å². The van der Waals surface area contributed by atoms with Crippen LogP contribution in [-0.4, -0.2) is 58.4 Å². The van der Waals surface area contributed by atoms with Gasteiger partial charge in [0.25, 0.3) is 0 Å². The van der Waals surface area contributed by atoms with Crippen molar-refractivity contribution in [1.29, 1.82) is 0 Å². The van der Waals surface area contributed by atoms with Crippen molar-refractivity contribution < 1.29 is 17.9 Å². The van der Waals surface area contributed by atoms with Crippen LogP contribution in [0, 0.1) is 5.92 Å². The molecule has 0 aromatic rings. The Hall–Kier alpha value is -0.170. The quantitative estimate of drug-likeness (QED) is 0.778. The molecule has 106 valence electrons. The van der Waals surface area contributed by atoms with Gasteiger partial charge in [0, 0.05) is 25.2 Å². The standard InChI is InChI=1S/C12H23NO4S/c1-9-12(4-6-17-9)18(14,15)8-11(13-2)10-3-5-16-7-10/h9-13H,3-8H2,1-2H3. The van der Waals surface area contributed by atoms with Gasteiger partial charge in [-0.05, 0) is 26.8 Å². The molecular formula is C12H23NO4S. The first-order valence-corrected chi connectivity index (χ1v) is 8.34. The molecule has 2 heterocycles. The van der Waals surface area contributed by atoms with Crippen molar-refractivity contribution in [3.8, 4) is 0 Å². The second kappa shape index (κ2) is 5.86. The minimum absolute atomic E-state index is 0.00898. The second-order valence-electron chi connectivity index (χ2n) is 5.25. The summed E-state index contributed by atoms with van der Waals surface area (Å²) in [6.45, 7) is 3.81. The normalized spacial score (nSPS) is 34.9. The summed E-state index contributed by atoms with van der Waals surface area (Å²) in [6, 6.07) is -0.00898. The molecule has 0 saturated carbocycles. The van der Waals surface area contributed by atoms with Gasteiger partial charge in [0.05, 0.1) is 23.7 Å². The van der Waals surface area contributed by atoms with Crippen molar-refractivity contribution in [3.63, 3.8) is 0 Å². The SMILES string of the molecule is CNC(CS(=O)(=O)C1CCOC1C)C1CCOC1. The maximum Gasteiger partial charge on any atom is 0.157 e. The molecule has 0 spiro atoms. The molecule has 0 aromatic carbocycles. The third-order valence-corrected chi connectivity index (χ3v) is 6.45. The molecule has 2 rings (SSSR count). The van der Waals surface area contributed by atoms with Gasteiger partial charge in [-0.15, -0.1) is 0 Å². The van der Waals surface area contributed by atoms with Crippen molar-refractivity contribution in [3.05, 3.63) is 0 Å². The van der Waals surface area contributed by atoms with Crippen molar-refractivity contribution >= 4 is 9.84 Å². The molecule has 0 aliphatic carbocycles. The van der Waals surface area contributed by atoms with Gasteiger partial charge in [0.1, 0.15) is 0 Å². The van der Waals surface area contributed by atoms with Crippen LogP contribution in [0.25, 0.3) is 0 Å². The minimum Gasteiger partial charge on any atom is -0.381 e. The van der Waals surface area contributed by atoms with E-state index in [-0.39, 0.29) is 23.1 Å². The highest BCUT2D eigenvalue weighted by molar-refractivity contribution is 7.92. The molecule has 4 atom stereocenters. The Morgan fingerprint density at radius 3 is 2.61 bits per heavy atom. The van der Waals surface area contributed by atoms with Crippen molar-refractivity contribution in [2.24, 2.45) is 5.92 Å². The van der Waals surface area contributed by atoms with Crippen molar-refractivity contribution in [1.82, 2.24) is 5.32 Å². The maximum absolute atomic E-state index is 12.4. The predicted octanol–water partition coefficient (Wildman–Crippen LogP) is 0.203. The summed E-state index contributed by atoms with van der Waals surface area (Å²) >= 11 is 0. The number of hydrogen-bond donors (Lipinski definition) is 1. The van der Waals surface area contributed by atoms with E-state index in [0.29, 0.717) is 25.6 Å². The molecule has 18 heavy (non-hydrogen) atoms. The molecule has 0 radical (unpaired) electrons. The Kier molecular flexibility index (Phi) is 4.64. The van der Waals surface area contributed by atoms with E-state index < -0.39 is 9.84 Å². The maximum atomic E-state index is 12.4. The summed E-state index contributed by atoms with van der Waals surface area (Å²) in [6.07, 6.45) is 1.39. The molecule has 1 N–H and O–H groups in total. The molecule has 2 saturated heterocycles. The van der Waals surface area contributed by atoms with Crippen LogP contribution in [0.15, 0.2) is 0 Å². The summed E-state index contributed by atoms with van der Waals surface area (Å²) in [5.41, 5.74) is 0. The van der Waals surface area contributed by atoms with Crippen LogP contribution in [0.3, 0.4) is 0 Å². The second-order valence-corrected chi connectivity index (χ2v) is 7.52. The van der Waals surface area contributed by atoms with Gasteiger partial charge in [0.2, 0.25) is 0 Å². The van der Waals surface area contributed by atoms with E-state index in [2.05, 4.69) is 5.32 Å². The first-order valence-electron chi connectivity index (χ1n) is 6.63. The lowest BCUT2D eigenvalue weighted by molar-refractivity contribution is 0.126. The summed E-state index contributed by atoms with van der Waals surface area (Å²) in [4.78, 5) is 0. The van der Waals surface area contributed by atoms with Crippen LogP contribution in [0.2, 0.25) is 0 Å². The molecule has 5 nitrogen and oxygen atoms in total. The van der Waals surface area contributed by atoms with Crippen LogP contribution in [0.4, 0.5) is 0 Å². The highest BCUT2D eigenvalue weighted by atomic mass is 32.2. The number of nitrogens with one attached hydrogen (secondary N) is 1. The summed E-state index contributed by atoms with van der Waals surface area (Å²) in [5.74, 6) is 0.498. The van der Waals surface area contributed by atoms with E-state index in [0.717, 1.165) is 13.0 Å². The first-order chi connectivity index (χ1) is 8.54. The highest BCUT2D eigenvalue weighted by Crippen LogP contribution is 2.25. The van der Waals surface area contributed by atoms with E-state index in [1.807, 2.05) is 14.0 Å². The van der Waals surface area contributed by atoms with Gasteiger partial charge in [0.15, 0.2) is 9.84 Å². The van der Waals surface area contributed by atoms with Gasteiger partial charge in [-0.2, -0.15) is 0 Å². The third kappa shape index (κ3) is 3.04. The van der Waals surface area contributed by atoms with E-state index in [4.69, 9.17) is 9.47 Å². The third-order valence-electron chi connectivity index (χ3n) is 4.08. The fourth-order valence-electron chi connectivity index (χ4n) is 2.88. The monoisotopic (exact) mass is 277 g/mol. The lowest BCUT2D eigenvalue weighted by Crippen LogP contribution is -2.43. The van der Waals surface area contributed by atoms with Crippen molar-refractivity contribution in [2.45, 2.75) is 37.2 Å². The first kappa shape index (κ1) is 14.2. The number of sulfone groups is 1. The zero-order valence-corrected chi connectivity index (χ0v) is 11.9. The van der Waals surface area contributed by atoms with E-state index in [1.54, 1.807) is 0 Å². The highest BCUT2D eigenvalue weighted by Gasteiger charge is 2.38. The Bertz CT molecular complexity index is 364. The van der Waals surface area contributed by atoms with Gasteiger partial charge < -0.3 is 14.8 Å². The molecule has 2 fully saturated rings. The number of ether oxygens (including phenoxy) is 2. The average Bonchev–Trinajstić information content (AvgIpc) is 2.96. The molecule has 6 heteroatoms. The Morgan fingerprint density at radius 1 is 1.33 bits per heavy atom. The summed E-state index contributed by atoms with van der Waals surface area (Å²) in [7, 11) is -1.27. The Labute approximate surface area is 109 Å². The largest absolute Gasteiger partial charge is 0.381 e. The average molecular weight is 277 g/mol. The zero-order chi connectivity index (χ0) is 13.2. The topological polar surface area (TPSA) is 64.6 Å². The molecule has 0 aromatic heterocycles. The fraction of sp³-hybridized carbons (Fsp3) is 1.00. The van der Waals surface area contributed by atoms with Crippen LogP contribution >= 0.6 is 0 Å². The van der Waals surface area contributed by atoms with E-state index >= 15 is 0 Å². The predicted molar refractivity (Wildman–Crippen MR) is 69.4 cm³/mol. The minimum atomic E-state index is -3.10. The molecule has 2 aliphatic heterocycles. The van der Waals surface area contributed by atoms with Gasteiger partial charge >= 0.3 is 0 Å². The van der Waals surface area contributed by atoms with Crippen LogP contribution < -0.4 is 5.32 Å². The smallest absolute Gasteiger partial charge is 0.157 e. The van der Waals surface area contributed by atoms with Gasteiger partial charge in [-0.25, -0.2) is 8.42 Å². The Morgan fingerprint density at radius 2 is 2.11 bits per heavy atom. The number of hydrogen-bond acceptors (Lipinski definition) is 5. The van der Waals surface area contributed by atoms with Gasteiger partial charge in [-0.3, -0.25) is 0 Å². The summed E-state index contributed by atoms with van der Waals surface area (Å²) in [5, 5.41) is 2.80. The molecule has 2 aliphatic rings. The Balaban J connectivity index is 2.01. The van der Waals surface area contributed by atoms with Gasteiger partial charge in [-0.1, -0.05) is 0 Å². The van der Waals surface area contributed by atoms with E-state index in [9.17, 15) is 8.42 Å². The fourth-order valence-corrected chi connectivity index (χ4v) is 5.19.